The van der Waals surface area contributed by atoms with Crippen LogP contribution >= 0.6 is 0 Å². The van der Waals surface area contributed by atoms with E-state index in [4.69, 9.17) is 5.11 Å². The zero-order valence-corrected chi connectivity index (χ0v) is 12.0. The maximum absolute atomic E-state index is 11.8. The Morgan fingerprint density at radius 3 is 2.47 bits per heavy atom. The normalized spacial score (nSPS) is 14.2. The summed E-state index contributed by atoms with van der Waals surface area (Å²) in [5.74, 6) is 0.203. The van der Waals surface area contributed by atoms with E-state index in [1.807, 2.05) is 13.8 Å². The second kappa shape index (κ2) is 8.85. The van der Waals surface area contributed by atoms with Crippen LogP contribution in [0.2, 0.25) is 0 Å². The van der Waals surface area contributed by atoms with Gasteiger partial charge in [0, 0.05) is 26.7 Å². The smallest absolute Gasteiger partial charge is 0.279 e. The quantitative estimate of drug-likeness (QED) is 0.619. The average molecular weight is 266 g/mol. The van der Waals surface area contributed by atoms with E-state index in [1.54, 1.807) is 7.05 Å². The van der Waals surface area contributed by atoms with E-state index in [-0.39, 0.29) is 12.5 Å². The monoisotopic (exact) mass is 266 g/mol. The molecule has 0 aliphatic rings. The highest BCUT2D eigenvalue weighted by atomic mass is 32.2. The molecule has 0 rings (SSSR count). The van der Waals surface area contributed by atoms with Gasteiger partial charge < -0.3 is 5.11 Å². The summed E-state index contributed by atoms with van der Waals surface area (Å²) in [5, 5.41) is 8.83. The summed E-state index contributed by atoms with van der Waals surface area (Å²) in [7, 11) is -1.77. The lowest BCUT2D eigenvalue weighted by atomic mass is 10.0. The van der Waals surface area contributed by atoms with Crippen LogP contribution in [0.3, 0.4) is 0 Å². The van der Waals surface area contributed by atoms with E-state index >= 15 is 0 Å². The van der Waals surface area contributed by atoms with Crippen molar-refractivity contribution in [2.75, 3.05) is 26.7 Å². The van der Waals surface area contributed by atoms with Crippen LogP contribution in [0.1, 0.15) is 39.5 Å². The topological polar surface area (TPSA) is 69.6 Å². The first kappa shape index (κ1) is 16.8. The van der Waals surface area contributed by atoms with Gasteiger partial charge >= 0.3 is 0 Å². The lowest BCUT2D eigenvalue weighted by molar-refractivity contribution is 0.254. The van der Waals surface area contributed by atoms with E-state index in [0.717, 1.165) is 19.3 Å². The van der Waals surface area contributed by atoms with Crippen molar-refractivity contribution in [1.29, 1.82) is 0 Å². The summed E-state index contributed by atoms with van der Waals surface area (Å²) in [5.41, 5.74) is 0. The van der Waals surface area contributed by atoms with Gasteiger partial charge in [0.15, 0.2) is 0 Å². The van der Waals surface area contributed by atoms with Crippen LogP contribution in [0.25, 0.3) is 0 Å². The Morgan fingerprint density at radius 1 is 1.35 bits per heavy atom. The van der Waals surface area contributed by atoms with Crippen LogP contribution in [-0.2, 0) is 10.2 Å². The second-order valence-electron chi connectivity index (χ2n) is 4.32. The van der Waals surface area contributed by atoms with Gasteiger partial charge in [0.05, 0.1) is 0 Å². The minimum absolute atomic E-state index is 0.103. The number of unbranched alkanes of at least 4 members (excludes halogenated alkanes) is 1. The minimum Gasteiger partial charge on any atom is -0.396 e. The van der Waals surface area contributed by atoms with Crippen molar-refractivity contribution in [2.24, 2.45) is 5.92 Å². The van der Waals surface area contributed by atoms with Gasteiger partial charge in [0.1, 0.15) is 0 Å². The van der Waals surface area contributed by atoms with Gasteiger partial charge in [-0.2, -0.15) is 12.7 Å². The third-order valence-electron chi connectivity index (χ3n) is 2.91. The lowest BCUT2D eigenvalue weighted by Crippen LogP contribution is -2.40. The summed E-state index contributed by atoms with van der Waals surface area (Å²) in [6.07, 6.45) is 3.34. The lowest BCUT2D eigenvalue weighted by Gasteiger charge is -2.20. The molecule has 0 aromatic carbocycles. The van der Waals surface area contributed by atoms with Crippen LogP contribution in [0.15, 0.2) is 0 Å². The fraction of sp³-hybridized carbons (Fsp3) is 1.00. The Morgan fingerprint density at radius 2 is 2.00 bits per heavy atom. The van der Waals surface area contributed by atoms with Crippen LogP contribution in [-0.4, -0.2) is 44.6 Å². The van der Waals surface area contributed by atoms with E-state index in [0.29, 0.717) is 19.5 Å². The predicted molar refractivity (Wildman–Crippen MR) is 69.9 cm³/mol. The van der Waals surface area contributed by atoms with Crippen molar-refractivity contribution in [3.05, 3.63) is 0 Å². The first-order chi connectivity index (χ1) is 7.97. The molecule has 6 heteroatoms. The highest BCUT2D eigenvalue weighted by molar-refractivity contribution is 7.87. The highest BCUT2D eigenvalue weighted by Gasteiger charge is 2.18. The molecule has 104 valence electrons. The highest BCUT2D eigenvalue weighted by Crippen LogP contribution is 2.07. The fourth-order valence-corrected chi connectivity index (χ4v) is 2.50. The van der Waals surface area contributed by atoms with Crippen LogP contribution < -0.4 is 4.72 Å². The minimum atomic E-state index is -3.35. The summed E-state index contributed by atoms with van der Waals surface area (Å²) in [4.78, 5) is 0. The van der Waals surface area contributed by atoms with Gasteiger partial charge in [0.25, 0.3) is 10.2 Å². The number of rotatable bonds is 10. The van der Waals surface area contributed by atoms with Crippen LogP contribution in [0, 0.1) is 5.92 Å². The van der Waals surface area contributed by atoms with Gasteiger partial charge in [-0.15, -0.1) is 0 Å². The first-order valence-corrected chi connectivity index (χ1v) is 7.73. The Labute approximate surface area is 105 Å². The average Bonchev–Trinajstić information content (AvgIpc) is 2.31. The maximum atomic E-state index is 11.8. The van der Waals surface area contributed by atoms with Crippen molar-refractivity contribution in [3.63, 3.8) is 0 Å². The van der Waals surface area contributed by atoms with E-state index in [9.17, 15) is 8.42 Å². The van der Waals surface area contributed by atoms with E-state index in [2.05, 4.69) is 4.72 Å². The van der Waals surface area contributed by atoms with Gasteiger partial charge in [-0.05, 0) is 18.8 Å². The summed E-state index contributed by atoms with van der Waals surface area (Å²) < 4.78 is 27.6. The van der Waals surface area contributed by atoms with Gasteiger partial charge in [-0.3, -0.25) is 0 Å². The Balaban J connectivity index is 4.15. The van der Waals surface area contributed by atoms with Gasteiger partial charge in [-0.25, -0.2) is 4.72 Å². The Hall–Kier alpha value is -0.170. The third-order valence-corrected chi connectivity index (χ3v) is 4.44. The van der Waals surface area contributed by atoms with Gasteiger partial charge in [-0.1, -0.05) is 26.7 Å². The molecule has 1 unspecified atom stereocenters. The largest absolute Gasteiger partial charge is 0.396 e. The number of nitrogens with zero attached hydrogens (tertiary/aromatic N) is 1. The molecule has 0 saturated carbocycles. The second-order valence-corrected chi connectivity index (χ2v) is 6.18. The molecule has 0 aliphatic carbocycles. The molecule has 0 heterocycles. The van der Waals surface area contributed by atoms with Crippen molar-refractivity contribution in [3.8, 4) is 0 Å². The number of hydrogen-bond donors (Lipinski definition) is 2. The molecule has 0 aromatic rings. The molecule has 0 aliphatic heterocycles. The molecule has 5 nitrogen and oxygen atoms in total. The Bertz CT molecular complexity index is 280. The molecule has 0 spiro atoms. The van der Waals surface area contributed by atoms with E-state index < -0.39 is 10.2 Å². The first-order valence-electron chi connectivity index (χ1n) is 6.29. The number of hydrogen-bond acceptors (Lipinski definition) is 3. The van der Waals surface area contributed by atoms with E-state index in [1.165, 1.54) is 4.31 Å². The maximum Gasteiger partial charge on any atom is 0.279 e. The predicted octanol–water partition coefficient (Wildman–Crippen LogP) is 0.961. The summed E-state index contributed by atoms with van der Waals surface area (Å²) in [6.45, 7) is 5.07. The summed E-state index contributed by atoms with van der Waals surface area (Å²) in [6, 6.07) is 0. The molecule has 0 amide bonds. The summed E-state index contributed by atoms with van der Waals surface area (Å²) >= 11 is 0. The number of aliphatic hydroxyl groups excluding tert-OH is 1. The molecule has 0 radical (unpaired) electrons. The molecule has 1 atom stereocenters. The third kappa shape index (κ3) is 6.98. The van der Waals surface area contributed by atoms with Crippen molar-refractivity contribution >= 4 is 10.2 Å². The Kier molecular flexibility index (Phi) is 8.77. The van der Waals surface area contributed by atoms with Crippen molar-refractivity contribution in [1.82, 2.24) is 9.03 Å². The molecule has 2 N–H and O–H groups in total. The molecular formula is C11H26N2O3S. The molecule has 17 heavy (non-hydrogen) atoms. The number of aliphatic hydroxyl groups is 1. The molecule has 0 saturated heterocycles. The molecular weight excluding hydrogens is 240 g/mol. The van der Waals surface area contributed by atoms with Gasteiger partial charge in [0.2, 0.25) is 0 Å². The SMILES string of the molecule is CCCCN(C)S(=O)(=O)NCC(CC)CCO. The van der Waals surface area contributed by atoms with Crippen molar-refractivity contribution in [2.45, 2.75) is 39.5 Å². The van der Waals surface area contributed by atoms with Crippen LogP contribution in [0.5, 0.6) is 0 Å². The molecule has 0 aromatic heterocycles. The number of nitrogens with one attached hydrogen (secondary N) is 1. The fourth-order valence-electron chi connectivity index (χ4n) is 1.47. The van der Waals surface area contributed by atoms with Crippen LogP contribution in [0.4, 0.5) is 0 Å². The molecule has 0 bridgehead atoms. The molecule has 0 fully saturated rings. The zero-order valence-electron chi connectivity index (χ0n) is 11.1. The standard InChI is InChI=1S/C11H26N2O3S/c1-4-6-8-13(3)17(15,16)12-10-11(5-2)7-9-14/h11-12,14H,4-10H2,1-3H3. The zero-order chi connectivity index (χ0) is 13.3. The van der Waals surface area contributed by atoms with Crippen molar-refractivity contribution < 1.29 is 13.5 Å².